The summed E-state index contributed by atoms with van der Waals surface area (Å²) in [4.78, 5) is 23.3. The van der Waals surface area contributed by atoms with E-state index >= 15 is 0 Å². The van der Waals surface area contributed by atoms with Crippen molar-refractivity contribution in [2.75, 3.05) is 12.4 Å². The number of carboxylic acid groups (broad SMARTS) is 1. The lowest BCUT2D eigenvalue weighted by atomic mass is 9.68. The van der Waals surface area contributed by atoms with E-state index in [2.05, 4.69) is 5.32 Å². The third-order valence-corrected chi connectivity index (χ3v) is 3.80. The van der Waals surface area contributed by atoms with Gasteiger partial charge in [0, 0.05) is 6.07 Å². The highest BCUT2D eigenvalue weighted by atomic mass is 35.5. The van der Waals surface area contributed by atoms with Gasteiger partial charge in [0.2, 0.25) is 5.91 Å². The number of rotatable bonds is 4. The number of hydrogen-bond donors (Lipinski definition) is 2. The van der Waals surface area contributed by atoms with Gasteiger partial charge in [0.25, 0.3) is 0 Å². The molecule has 19 heavy (non-hydrogen) atoms. The number of amides is 1. The number of carbonyl (C=O) groups is 2. The third-order valence-electron chi connectivity index (χ3n) is 3.47. The molecule has 0 atom stereocenters. The normalized spacial score (nSPS) is 16.3. The van der Waals surface area contributed by atoms with Crippen molar-refractivity contribution in [2.24, 2.45) is 5.41 Å². The topological polar surface area (TPSA) is 75.6 Å². The van der Waals surface area contributed by atoms with Gasteiger partial charge >= 0.3 is 5.97 Å². The predicted molar refractivity (Wildman–Crippen MR) is 70.6 cm³/mol. The molecule has 0 aromatic heterocycles. The van der Waals surface area contributed by atoms with Crippen LogP contribution >= 0.6 is 11.6 Å². The van der Waals surface area contributed by atoms with Crippen molar-refractivity contribution >= 4 is 29.2 Å². The summed E-state index contributed by atoms with van der Waals surface area (Å²) >= 11 is 5.97. The van der Waals surface area contributed by atoms with E-state index in [4.69, 9.17) is 16.3 Å². The fourth-order valence-corrected chi connectivity index (χ4v) is 2.20. The standard InChI is InChI=1S/C13H14ClNO4/c1-19-8-3-4-9(14)10(7-8)15-11(16)13(12(17)18)5-2-6-13/h3-4,7H,2,5-6H2,1H3,(H,15,16)(H,17,18). The van der Waals surface area contributed by atoms with Gasteiger partial charge in [0.05, 0.1) is 17.8 Å². The SMILES string of the molecule is COc1ccc(Cl)c(NC(=O)C2(C(=O)O)CCC2)c1. The second-order valence-corrected chi connectivity index (χ2v) is 4.95. The van der Waals surface area contributed by atoms with E-state index in [0.29, 0.717) is 29.3 Å². The van der Waals surface area contributed by atoms with Crippen LogP contribution in [0.5, 0.6) is 5.75 Å². The summed E-state index contributed by atoms with van der Waals surface area (Å²) in [6, 6.07) is 4.81. The number of methoxy groups -OCH3 is 1. The predicted octanol–water partition coefficient (Wildman–Crippen LogP) is 2.54. The number of carbonyl (C=O) groups excluding carboxylic acids is 1. The zero-order valence-corrected chi connectivity index (χ0v) is 11.2. The second kappa shape index (κ2) is 5.09. The van der Waals surface area contributed by atoms with E-state index in [1.54, 1.807) is 18.2 Å². The first-order chi connectivity index (χ1) is 8.99. The summed E-state index contributed by atoms with van der Waals surface area (Å²) in [5.74, 6) is -1.07. The van der Waals surface area contributed by atoms with Gasteiger partial charge in [-0.2, -0.15) is 0 Å². The number of nitrogens with one attached hydrogen (secondary N) is 1. The molecule has 1 aliphatic carbocycles. The molecule has 1 aromatic rings. The molecule has 0 radical (unpaired) electrons. The molecule has 0 unspecified atom stereocenters. The van der Waals surface area contributed by atoms with Crippen LogP contribution in [0.3, 0.4) is 0 Å². The largest absolute Gasteiger partial charge is 0.497 e. The summed E-state index contributed by atoms with van der Waals surface area (Å²) in [7, 11) is 1.50. The molecule has 2 rings (SSSR count). The molecule has 0 spiro atoms. The molecule has 1 aromatic carbocycles. The van der Waals surface area contributed by atoms with E-state index in [0.717, 1.165) is 6.42 Å². The average Bonchev–Trinajstić information content (AvgIpc) is 2.30. The first-order valence-electron chi connectivity index (χ1n) is 5.88. The van der Waals surface area contributed by atoms with Gasteiger partial charge in [-0.05, 0) is 25.0 Å². The zero-order valence-electron chi connectivity index (χ0n) is 10.4. The van der Waals surface area contributed by atoms with Gasteiger partial charge in [-0.15, -0.1) is 0 Å². The molecule has 1 saturated carbocycles. The second-order valence-electron chi connectivity index (χ2n) is 4.54. The molecule has 102 valence electrons. The third kappa shape index (κ3) is 2.38. The van der Waals surface area contributed by atoms with Crippen LogP contribution in [0.1, 0.15) is 19.3 Å². The van der Waals surface area contributed by atoms with Gasteiger partial charge in [-0.1, -0.05) is 18.0 Å². The smallest absolute Gasteiger partial charge is 0.319 e. The van der Waals surface area contributed by atoms with Crippen molar-refractivity contribution in [3.63, 3.8) is 0 Å². The number of benzene rings is 1. The van der Waals surface area contributed by atoms with Gasteiger partial charge in [-0.25, -0.2) is 0 Å². The molecule has 0 heterocycles. The van der Waals surface area contributed by atoms with Crippen LogP contribution in [0.4, 0.5) is 5.69 Å². The minimum Gasteiger partial charge on any atom is -0.497 e. The van der Waals surface area contributed by atoms with Gasteiger partial charge < -0.3 is 15.2 Å². The molecule has 0 saturated heterocycles. The summed E-state index contributed by atoms with van der Waals surface area (Å²) in [6.45, 7) is 0. The van der Waals surface area contributed by atoms with E-state index in [1.807, 2.05) is 0 Å². The van der Waals surface area contributed by atoms with Crippen molar-refractivity contribution in [1.29, 1.82) is 0 Å². The van der Waals surface area contributed by atoms with Crippen molar-refractivity contribution in [1.82, 2.24) is 0 Å². The maximum atomic E-state index is 12.1. The number of carboxylic acids is 1. The summed E-state index contributed by atoms with van der Waals surface area (Å²) < 4.78 is 5.04. The molecule has 1 aliphatic rings. The Hall–Kier alpha value is -1.75. The van der Waals surface area contributed by atoms with E-state index in [-0.39, 0.29) is 0 Å². The lowest BCUT2D eigenvalue weighted by molar-refractivity contribution is -0.159. The van der Waals surface area contributed by atoms with Crippen LogP contribution in [-0.2, 0) is 9.59 Å². The fraction of sp³-hybridized carbons (Fsp3) is 0.385. The number of halogens is 1. The van der Waals surface area contributed by atoms with E-state index in [1.165, 1.54) is 7.11 Å². The highest BCUT2D eigenvalue weighted by molar-refractivity contribution is 6.34. The fourth-order valence-electron chi connectivity index (χ4n) is 2.04. The summed E-state index contributed by atoms with van der Waals surface area (Å²) in [6.07, 6.45) is 1.46. The van der Waals surface area contributed by atoms with Crippen molar-refractivity contribution in [2.45, 2.75) is 19.3 Å². The lowest BCUT2D eigenvalue weighted by Crippen LogP contribution is -2.48. The Labute approximate surface area is 115 Å². The minimum atomic E-state index is -1.31. The first-order valence-corrected chi connectivity index (χ1v) is 6.26. The van der Waals surface area contributed by atoms with Crippen LogP contribution in [-0.4, -0.2) is 24.1 Å². The monoisotopic (exact) mass is 283 g/mol. The van der Waals surface area contributed by atoms with Crippen molar-refractivity contribution < 1.29 is 19.4 Å². The molecule has 6 heteroatoms. The summed E-state index contributed by atoms with van der Waals surface area (Å²) in [5.41, 5.74) is -0.953. The Morgan fingerprint density at radius 2 is 2.11 bits per heavy atom. The molecule has 2 N–H and O–H groups in total. The molecule has 1 fully saturated rings. The van der Waals surface area contributed by atoms with Crippen LogP contribution in [0.15, 0.2) is 18.2 Å². The van der Waals surface area contributed by atoms with Crippen LogP contribution < -0.4 is 10.1 Å². The maximum Gasteiger partial charge on any atom is 0.319 e. The quantitative estimate of drug-likeness (QED) is 0.833. The molecule has 0 aliphatic heterocycles. The van der Waals surface area contributed by atoms with Gasteiger partial charge in [0.1, 0.15) is 11.2 Å². The Morgan fingerprint density at radius 3 is 2.58 bits per heavy atom. The number of anilines is 1. The molecule has 5 nitrogen and oxygen atoms in total. The Kier molecular flexibility index (Phi) is 3.66. The lowest BCUT2D eigenvalue weighted by Gasteiger charge is -2.35. The molecular formula is C13H14ClNO4. The average molecular weight is 284 g/mol. The van der Waals surface area contributed by atoms with Crippen molar-refractivity contribution in [3.8, 4) is 5.75 Å². The molecule has 0 bridgehead atoms. The van der Waals surface area contributed by atoms with E-state index < -0.39 is 17.3 Å². The highest BCUT2D eigenvalue weighted by Gasteiger charge is 2.51. The zero-order chi connectivity index (χ0) is 14.0. The maximum absolute atomic E-state index is 12.1. The van der Waals surface area contributed by atoms with Crippen LogP contribution in [0.2, 0.25) is 5.02 Å². The first kappa shape index (κ1) is 13.7. The minimum absolute atomic E-state index is 0.342. The van der Waals surface area contributed by atoms with E-state index in [9.17, 15) is 14.7 Å². The van der Waals surface area contributed by atoms with Gasteiger partial charge in [0.15, 0.2) is 0 Å². The number of ether oxygens (including phenoxy) is 1. The Morgan fingerprint density at radius 1 is 1.42 bits per heavy atom. The van der Waals surface area contributed by atoms with Gasteiger partial charge in [-0.3, -0.25) is 9.59 Å². The highest BCUT2D eigenvalue weighted by Crippen LogP contribution is 2.42. The number of aliphatic carboxylic acids is 1. The van der Waals surface area contributed by atoms with Crippen LogP contribution in [0, 0.1) is 5.41 Å². The van der Waals surface area contributed by atoms with Crippen LogP contribution in [0.25, 0.3) is 0 Å². The Balaban J connectivity index is 2.21. The summed E-state index contributed by atoms with van der Waals surface area (Å²) in [5, 5.41) is 12.1. The molecule has 1 amide bonds. The van der Waals surface area contributed by atoms with Crippen molar-refractivity contribution in [3.05, 3.63) is 23.2 Å². The molecular weight excluding hydrogens is 270 g/mol. The number of hydrogen-bond acceptors (Lipinski definition) is 3. The Bertz CT molecular complexity index is 525.